The van der Waals surface area contributed by atoms with Gasteiger partial charge in [0.15, 0.2) is 5.82 Å². The molecule has 1 N–H and O–H groups in total. The number of rotatable bonds is 8. The maximum absolute atomic E-state index is 14.9. The van der Waals surface area contributed by atoms with E-state index in [4.69, 9.17) is 4.74 Å². The molecular weight excluding hydrogens is 473 g/mol. The largest absolute Gasteiger partial charge is 0.478 e. The number of methoxy groups -OCH3 is 1. The summed E-state index contributed by atoms with van der Waals surface area (Å²) in [6.45, 7) is 12.6. The number of piperazine rings is 1. The molecule has 11 heteroatoms. The summed E-state index contributed by atoms with van der Waals surface area (Å²) in [6, 6.07) is 3.93. The van der Waals surface area contributed by atoms with Gasteiger partial charge in [-0.05, 0) is 24.1 Å². The highest BCUT2D eigenvalue weighted by Gasteiger charge is 2.19. The molecular formula is C26H32FN9O. The summed E-state index contributed by atoms with van der Waals surface area (Å²) in [5, 5.41) is 3.08. The van der Waals surface area contributed by atoms with E-state index in [1.54, 1.807) is 12.4 Å². The maximum atomic E-state index is 14.9. The fourth-order valence-corrected chi connectivity index (χ4v) is 4.49. The van der Waals surface area contributed by atoms with E-state index in [0.717, 1.165) is 56.7 Å². The quantitative estimate of drug-likeness (QED) is 0.384. The van der Waals surface area contributed by atoms with Crippen molar-refractivity contribution in [2.75, 3.05) is 45.2 Å². The highest BCUT2D eigenvalue weighted by Crippen LogP contribution is 2.28. The highest BCUT2D eigenvalue weighted by atomic mass is 19.1. The van der Waals surface area contributed by atoms with E-state index in [9.17, 15) is 4.39 Å². The van der Waals surface area contributed by atoms with E-state index in [1.807, 2.05) is 22.7 Å². The Labute approximate surface area is 215 Å². The smallest absolute Gasteiger partial charge is 0.258 e. The highest BCUT2D eigenvalue weighted by molar-refractivity contribution is 5.62. The number of anilines is 2. The fourth-order valence-electron chi connectivity index (χ4n) is 4.49. The molecule has 0 aliphatic carbocycles. The maximum Gasteiger partial charge on any atom is 0.258 e. The second-order valence-corrected chi connectivity index (χ2v) is 9.44. The van der Waals surface area contributed by atoms with Gasteiger partial charge in [-0.3, -0.25) is 9.30 Å². The Morgan fingerprint density at radius 3 is 2.46 bits per heavy atom. The predicted molar refractivity (Wildman–Crippen MR) is 140 cm³/mol. The van der Waals surface area contributed by atoms with Crippen molar-refractivity contribution in [2.45, 2.75) is 33.2 Å². The minimum atomic E-state index is -0.586. The molecule has 0 aromatic carbocycles. The van der Waals surface area contributed by atoms with Crippen molar-refractivity contribution in [2.24, 2.45) is 0 Å². The third kappa shape index (κ3) is 5.37. The molecule has 0 atom stereocenters. The van der Waals surface area contributed by atoms with Crippen molar-refractivity contribution in [3.63, 3.8) is 0 Å². The number of fused-ring (bicyclic) bond motifs is 1. The van der Waals surface area contributed by atoms with Crippen molar-refractivity contribution in [3.05, 3.63) is 54.0 Å². The molecule has 5 heterocycles. The van der Waals surface area contributed by atoms with Gasteiger partial charge in [0.05, 0.1) is 13.3 Å². The number of ether oxygens (including phenoxy) is 1. The van der Waals surface area contributed by atoms with Crippen LogP contribution in [0.5, 0.6) is 5.88 Å². The van der Waals surface area contributed by atoms with Gasteiger partial charge in [0.1, 0.15) is 17.2 Å². The summed E-state index contributed by atoms with van der Waals surface area (Å²) in [4.78, 5) is 26.8. The molecule has 0 spiro atoms. The summed E-state index contributed by atoms with van der Waals surface area (Å²) in [6.07, 6.45) is 6.48. The lowest BCUT2D eigenvalue weighted by atomic mass is 10.1. The Morgan fingerprint density at radius 2 is 1.78 bits per heavy atom. The molecule has 1 aliphatic heterocycles. The number of nitrogens with zero attached hydrogens (tertiary/aromatic N) is 8. The minimum Gasteiger partial charge on any atom is -0.478 e. The van der Waals surface area contributed by atoms with Crippen LogP contribution in [0.25, 0.3) is 17.0 Å². The number of hydrogen-bond acceptors (Lipinski definition) is 9. The van der Waals surface area contributed by atoms with Crippen LogP contribution in [-0.4, -0.2) is 79.0 Å². The van der Waals surface area contributed by atoms with Gasteiger partial charge in [0.2, 0.25) is 11.6 Å². The molecule has 0 bridgehead atoms. The van der Waals surface area contributed by atoms with E-state index in [2.05, 4.69) is 60.8 Å². The summed E-state index contributed by atoms with van der Waals surface area (Å²) in [5.74, 6) is 0.720. The molecule has 4 aromatic heterocycles. The lowest BCUT2D eigenvalue weighted by Crippen LogP contribution is -2.45. The van der Waals surface area contributed by atoms with E-state index < -0.39 is 5.82 Å². The van der Waals surface area contributed by atoms with Gasteiger partial charge in [-0.15, -0.1) is 0 Å². The van der Waals surface area contributed by atoms with Crippen LogP contribution in [0.1, 0.15) is 37.9 Å². The molecule has 0 radical (unpaired) electrons. The zero-order valence-electron chi connectivity index (χ0n) is 21.6. The summed E-state index contributed by atoms with van der Waals surface area (Å²) in [7, 11) is 1.51. The molecule has 0 unspecified atom stereocenters. The van der Waals surface area contributed by atoms with Crippen molar-refractivity contribution in [1.29, 1.82) is 0 Å². The van der Waals surface area contributed by atoms with Gasteiger partial charge >= 0.3 is 0 Å². The molecule has 10 nitrogen and oxygen atoms in total. The van der Waals surface area contributed by atoms with Crippen LogP contribution < -0.4 is 10.1 Å². The van der Waals surface area contributed by atoms with E-state index >= 15 is 0 Å². The number of nitrogens with one attached hydrogen (secondary N) is 1. The zero-order valence-corrected chi connectivity index (χ0v) is 21.6. The fraction of sp³-hybridized carbons (Fsp3) is 0.423. The van der Waals surface area contributed by atoms with Gasteiger partial charge in [-0.25, -0.2) is 29.3 Å². The first kappa shape index (κ1) is 25.0. The zero-order chi connectivity index (χ0) is 25.9. The lowest BCUT2D eigenvalue weighted by molar-refractivity contribution is 0.132. The Hall–Kier alpha value is -3.70. The Kier molecular flexibility index (Phi) is 7.24. The number of halogens is 1. The van der Waals surface area contributed by atoms with Crippen LogP contribution >= 0.6 is 0 Å². The van der Waals surface area contributed by atoms with E-state index in [1.165, 1.54) is 7.11 Å². The molecule has 5 rings (SSSR count). The summed E-state index contributed by atoms with van der Waals surface area (Å²) >= 11 is 0. The van der Waals surface area contributed by atoms with Gasteiger partial charge in [-0.1, -0.05) is 26.8 Å². The van der Waals surface area contributed by atoms with Gasteiger partial charge < -0.3 is 15.0 Å². The second-order valence-electron chi connectivity index (χ2n) is 9.44. The monoisotopic (exact) mass is 505 g/mol. The molecule has 0 amide bonds. The molecule has 1 aliphatic rings. The Bertz CT molecular complexity index is 1360. The SMILES string of the molecule is CCN1CCN(Cc2ccc(Nc3ncc(F)c(-c4cn5c(C(C)C)cnc5c(OC)n4)n3)nc2)CC1. The van der Waals surface area contributed by atoms with E-state index in [-0.39, 0.29) is 17.6 Å². The van der Waals surface area contributed by atoms with Crippen molar-refractivity contribution in [3.8, 4) is 17.3 Å². The van der Waals surface area contributed by atoms with Crippen LogP contribution in [0.4, 0.5) is 16.2 Å². The van der Waals surface area contributed by atoms with Crippen LogP contribution in [0.15, 0.2) is 36.9 Å². The van der Waals surface area contributed by atoms with Crippen molar-refractivity contribution >= 4 is 17.4 Å². The molecule has 1 fully saturated rings. The number of likely N-dealkylation sites (N-methyl/N-ethyl adjacent to an activating group) is 1. The summed E-state index contributed by atoms with van der Waals surface area (Å²) < 4.78 is 22.2. The molecule has 1 saturated heterocycles. The average molecular weight is 506 g/mol. The van der Waals surface area contributed by atoms with Crippen LogP contribution in [0.3, 0.4) is 0 Å². The molecule has 37 heavy (non-hydrogen) atoms. The minimum absolute atomic E-state index is 0.0592. The first-order chi connectivity index (χ1) is 17.9. The molecule has 194 valence electrons. The molecule has 4 aromatic rings. The normalized spacial score (nSPS) is 15.0. The van der Waals surface area contributed by atoms with E-state index in [0.29, 0.717) is 23.0 Å². The first-order valence-electron chi connectivity index (χ1n) is 12.6. The third-order valence-corrected chi connectivity index (χ3v) is 6.64. The standard InChI is InChI=1S/C26H32FN9O/c1-5-34-8-10-35(11-9-34)15-18-6-7-22(28-12-18)32-26-30-13-19(27)23(33-26)20-16-36-21(17(2)3)14-29-24(36)25(31-20)37-4/h6-7,12-14,16-17H,5,8-11,15H2,1-4H3,(H,28,30,32,33). The van der Waals surface area contributed by atoms with Crippen molar-refractivity contribution < 1.29 is 9.13 Å². The summed E-state index contributed by atoms with van der Waals surface area (Å²) in [5.41, 5.74) is 3.05. The van der Waals surface area contributed by atoms with Crippen LogP contribution in [0.2, 0.25) is 0 Å². The molecule has 0 saturated carbocycles. The topological polar surface area (TPSA) is 96.6 Å². The lowest BCUT2D eigenvalue weighted by Gasteiger charge is -2.33. The van der Waals surface area contributed by atoms with Crippen molar-refractivity contribution in [1.82, 2.24) is 39.1 Å². The number of pyridine rings is 1. The Balaban J connectivity index is 1.35. The van der Waals surface area contributed by atoms with Crippen LogP contribution in [-0.2, 0) is 6.54 Å². The third-order valence-electron chi connectivity index (χ3n) is 6.64. The van der Waals surface area contributed by atoms with Crippen LogP contribution in [0, 0.1) is 5.82 Å². The van der Waals surface area contributed by atoms with Gasteiger partial charge in [0, 0.05) is 57.0 Å². The van der Waals surface area contributed by atoms with Gasteiger partial charge in [0.25, 0.3) is 5.88 Å². The first-order valence-corrected chi connectivity index (χ1v) is 12.6. The second kappa shape index (κ2) is 10.7. The number of aromatic nitrogens is 6. The Morgan fingerprint density at radius 1 is 1.00 bits per heavy atom. The number of imidazole rings is 1. The predicted octanol–water partition coefficient (Wildman–Crippen LogP) is 3.73. The van der Waals surface area contributed by atoms with Gasteiger partial charge in [-0.2, -0.15) is 0 Å². The average Bonchev–Trinajstić information content (AvgIpc) is 3.35. The number of hydrogen-bond donors (Lipinski definition) is 1.